The van der Waals surface area contributed by atoms with Crippen molar-refractivity contribution in [3.8, 4) is 0 Å². The number of benzene rings is 1. The zero-order valence-electron chi connectivity index (χ0n) is 9.74. The second kappa shape index (κ2) is 4.94. The fraction of sp³-hybridized carbons (Fsp3) is 0.308. The molecule has 1 fully saturated rings. The lowest BCUT2D eigenvalue weighted by Gasteiger charge is -2.11. The zero-order chi connectivity index (χ0) is 12.5. The van der Waals surface area contributed by atoms with E-state index in [4.69, 9.17) is 11.6 Å². The van der Waals surface area contributed by atoms with Crippen molar-refractivity contribution >= 4 is 33.2 Å². The third-order valence-electron chi connectivity index (χ3n) is 3.10. The predicted molar refractivity (Wildman–Crippen MR) is 77.0 cm³/mol. The van der Waals surface area contributed by atoms with Gasteiger partial charge in [-0.1, -0.05) is 17.7 Å². The molecule has 1 aromatic heterocycles. The van der Waals surface area contributed by atoms with Crippen LogP contribution in [-0.2, 0) is 6.54 Å². The van der Waals surface area contributed by atoms with Gasteiger partial charge in [-0.25, -0.2) is 4.98 Å². The SMILES string of the molecule is Clc1cccc(NCc2cncn2C2CC2)c1Br. The molecular weight excluding hydrogens is 314 g/mol. The summed E-state index contributed by atoms with van der Waals surface area (Å²) in [6.07, 6.45) is 6.37. The van der Waals surface area contributed by atoms with E-state index >= 15 is 0 Å². The lowest BCUT2D eigenvalue weighted by molar-refractivity contribution is 0.701. The molecule has 0 saturated heterocycles. The third-order valence-corrected chi connectivity index (χ3v) is 4.50. The van der Waals surface area contributed by atoms with Crippen LogP contribution in [0.15, 0.2) is 35.2 Å². The Bertz CT molecular complexity index is 563. The molecule has 0 aliphatic heterocycles. The highest BCUT2D eigenvalue weighted by molar-refractivity contribution is 9.10. The van der Waals surface area contributed by atoms with Gasteiger partial charge < -0.3 is 9.88 Å². The summed E-state index contributed by atoms with van der Waals surface area (Å²) in [4.78, 5) is 4.22. The minimum Gasteiger partial charge on any atom is -0.378 e. The van der Waals surface area contributed by atoms with Crippen LogP contribution in [-0.4, -0.2) is 9.55 Å². The number of rotatable bonds is 4. The van der Waals surface area contributed by atoms with Gasteiger partial charge in [-0.3, -0.25) is 0 Å². The largest absolute Gasteiger partial charge is 0.378 e. The summed E-state index contributed by atoms with van der Waals surface area (Å²) in [7, 11) is 0. The number of nitrogens with one attached hydrogen (secondary N) is 1. The first kappa shape index (κ1) is 12.1. The van der Waals surface area contributed by atoms with E-state index in [9.17, 15) is 0 Å². The number of halogens is 2. The minimum absolute atomic E-state index is 0.659. The van der Waals surface area contributed by atoms with Crippen molar-refractivity contribution in [2.75, 3.05) is 5.32 Å². The quantitative estimate of drug-likeness (QED) is 0.910. The maximum Gasteiger partial charge on any atom is 0.0951 e. The van der Waals surface area contributed by atoms with Crippen LogP contribution in [0.25, 0.3) is 0 Å². The van der Waals surface area contributed by atoms with Gasteiger partial charge in [-0.2, -0.15) is 0 Å². The molecule has 0 spiro atoms. The smallest absolute Gasteiger partial charge is 0.0951 e. The highest BCUT2D eigenvalue weighted by Gasteiger charge is 2.24. The number of nitrogens with zero attached hydrogens (tertiary/aromatic N) is 2. The Labute approximate surface area is 119 Å². The molecule has 1 aromatic carbocycles. The third kappa shape index (κ3) is 2.40. The standard InChI is InChI=1S/C13H13BrClN3/c14-13-11(15)2-1-3-12(13)17-7-10-6-16-8-18(10)9-4-5-9/h1-3,6,8-9,17H,4-5,7H2. The maximum absolute atomic E-state index is 6.06. The first-order valence-electron chi connectivity index (χ1n) is 5.94. The van der Waals surface area contributed by atoms with Gasteiger partial charge >= 0.3 is 0 Å². The second-order valence-electron chi connectivity index (χ2n) is 4.48. The molecule has 0 unspecified atom stereocenters. The molecule has 5 heteroatoms. The molecule has 0 atom stereocenters. The molecule has 1 heterocycles. The van der Waals surface area contributed by atoms with Gasteiger partial charge in [-0.15, -0.1) is 0 Å². The van der Waals surface area contributed by atoms with E-state index in [1.165, 1.54) is 18.5 Å². The highest BCUT2D eigenvalue weighted by atomic mass is 79.9. The van der Waals surface area contributed by atoms with Crippen LogP contribution in [0, 0.1) is 0 Å². The van der Waals surface area contributed by atoms with Crippen molar-refractivity contribution in [3.63, 3.8) is 0 Å². The highest BCUT2D eigenvalue weighted by Crippen LogP contribution is 2.36. The van der Waals surface area contributed by atoms with Crippen molar-refractivity contribution < 1.29 is 0 Å². The lowest BCUT2D eigenvalue weighted by Crippen LogP contribution is -2.06. The fourth-order valence-corrected chi connectivity index (χ4v) is 2.56. The Morgan fingerprint density at radius 1 is 1.44 bits per heavy atom. The molecule has 1 N–H and O–H groups in total. The number of imidazole rings is 1. The minimum atomic E-state index is 0.659. The summed E-state index contributed by atoms with van der Waals surface area (Å²) in [5.74, 6) is 0. The van der Waals surface area contributed by atoms with E-state index in [0.29, 0.717) is 6.04 Å². The van der Waals surface area contributed by atoms with E-state index in [0.717, 1.165) is 21.7 Å². The summed E-state index contributed by atoms with van der Waals surface area (Å²) in [5.41, 5.74) is 2.22. The average Bonchev–Trinajstić information content (AvgIpc) is 3.11. The van der Waals surface area contributed by atoms with Gasteiger partial charge in [0.2, 0.25) is 0 Å². The topological polar surface area (TPSA) is 29.9 Å². The summed E-state index contributed by atoms with van der Waals surface area (Å²) in [6.45, 7) is 0.759. The maximum atomic E-state index is 6.06. The van der Waals surface area contributed by atoms with Crippen LogP contribution in [0.2, 0.25) is 5.02 Å². The predicted octanol–water partition coefficient (Wildman–Crippen LogP) is 4.25. The second-order valence-corrected chi connectivity index (χ2v) is 5.68. The molecule has 0 bridgehead atoms. The molecule has 94 valence electrons. The van der Waals surface area contributed by atoms with Crippen LogP contribution >= 0.6 is 27.5 Å². The van der Waals surface area contributed by atoms with Crippen LogP contribution in [0.1, 0.15) is 24.6 Å². The van der Waals surface area contributed by atoms with E-state index < -0.39 is 0 Å². The molecule has 1 aliphatic rings. The Kier molecular flexibility index (Phi) is 3.31. The fourth-order valence-electron chi connectivity index (χ4n) is 1.98. The van der Waals surface area contributed by atoms with Crippen LogP contribution in [0.3, 0.4) is 0 Å². The van der Waals surface area contributed by atoms with Crippen molar-refractivity contribution in [1.82, 2.24) is 9.55 Å². The van der Waals surface area contributed by atoms with Gasteiger partial charge in [0.1, 0.15) is 0 Å². The first-order valence-corrected chi connectivity index (χ1v) is 7.11. The number of hydrogen-bond acceptors (Lipinski definition) is 2. The molecule has 3 nitrogen and oxygen atoms in total. The average molecular weight is 327 g/mol. The summed E-state index contributed by atoms with van der Waals surface area (Å²) in [5, 5.41) is 4.11. The molecule has 18 heavy (non-hydrogen) atoms. The summed E-state index contributed by atoms with van der Waals surface area (Å²) in [6, 6.07) is 6.47. The molecular formula is C13H13BrClN3. The van der Waals surface area contributed by atoms with Gasteiger partial charge in [0.15, 0.2) is 0 Å². The van der Waals surface area contributed by atoms with Gasteiger partial charge in [0, 0.05) is 12.2 Å². The first-order chi connectivity index (χ1) is 8.75. The Morgan fingerprint density at radius 2 is 2.28 bits per heavy atom. The molecule has 1 aliphatic carbocycles. The Balaban J connectivity index is 1.74. The van der Waals surface area contributed by atoms with Crippen LogP contribution < -0.4 is 5.32 Å². The molecule has 3 rings (SSSR count). The number of aromatic nitrogens is 2. The molecule has 0 radical (unpaired) electrons. The van der Waals surface area contributed by atoms with E-state index in [1.807, 2.05) is 30.7 Å². The van der Waals surface area contributed by atoms with Crippen molar-refractivity contribution in [3.05, 3.63) is 45.9 Å². The van der Waals surface area contributed by atoms with Crippen molar-refractivity contribution in [1.29, 1.82) is 0 Å². The summed E-state index contributed by atoms with van der Waals surface area (Å²) >= 11 is 9.55. The van der Waals surface area contributed by atoms with E-state index in [-0.39, 0.29) is 0 Å². The number of hydrogen-bond donors (Lipinski definition) is 1. The van der Waals surface area contributed by atoms with E-state index in [2.05, 4.69) is 30.8 Å². The molecule has 0 amide bonds. The molecule has 1 saturated carbocycles. The van der Waals surface area contributed by atoms with Crippen LogP contribution in [0.4, 0.5) is 5.69 Å². The van der Waals surface area contributed by atoms with Crippen LogP contribution in [0.5, 0.6) is 0 Å². The van der Waals surface area contributed by atoms with Crippen molar-refractivity contribution in [2.24, 2.45) is 0 Å². The van der Waals surface area contributed by atoms with Gasteiger partial charge in [0.05, 0.1) is 33.7 Å². The Hall–Kier alpha value is -1.00. The zero-order valence-corrected chi connectivity index (χ0v) is 12.1. The monoisotopic (exact) mass is 325 g/mol. The normalized spacial score (nSPS) is 14.8. The van der Waals surface area contributed by atoms with Gasteiger partial charge in [-0.05, 0) is 40.9 Å². The van der Waals surface area contributed by atoms with Crippen molar-refractivity contribution in [2.45, 2.75) is 25.4 Å². The van der Waals surface area contributed by atoms with E-state index in [1.54, 1.807) is 0 Å². The lowest BCUT2D eigenvalue weighted by atomic mass is 10.3. The number of anilines is 1. The van der Waals surface area contributed by atoms with Gasteiger partial charge in [0.25, 0.3) is 0 Å². The molecule has 2 aromatic rings. The Morgan fingerprint density at radius 3 is 3.06 bits per heavy atom. The summed E-state index contributed by atoms with van der Waals surface area (Å²) < 4.78 is 3.16.